The van der Waals surface area contributed by atoms with E-state index in [1.807, 2.05) is 24.3 Å². The SMILES string of the molecule is O=C(O)c1ccc2ccccc2c1OCC#CC1CC1. The Bertz CT molecular complexity index is 718. The maximum atomic E-state index is 11.3. The van der Waals surface area contributed by atoms with Gasteiger partial charge in [0, 0.05) is 11.3 Å². The van der Waals surface area contributed by atoms with Gasteiger partial charge in [-0.3, -0.25) is 0 Å². The number of aromatic carboxylic acids is 1. The third-order valence-electron chi connectivity index (χ3n) is 3.28. The zero-order valence-corrected chi connectivity index (χ0v) is 10.9. The molecule has 20 heavy (non-hydrogen) atoms. The molecule has 0 unspecified atom stereocenters. The molecule has 3 nitrogen and oxygen atoms in total. The molecule has 1 N–H and O–H groups in total. The van der Waals surface area contributed by atoms with E-state index in [0.29, 0.717) is 11.7 Å². The van der Waals surface area contributed by atoms with Crippen molar-refractivity contribution >= 4 is 16.7 Å². The molecule has 0 spiro atoms. The van der Waals surface area contributed by atoms with E-state index in [1.165, 1.54) is 12.8 Å². The second-order valence-corrected chi connectivity index (χ2v) is 4.85. The van der Waals surface area contributed by atoms with Crippen molar-refractivity contribution in [2.75, 3.05) is 6.61 Å². The zero-order chi connectivity index (χ0) is 13.9. The highest BCUT2D eigenvalue weighted by Gasteiger charge is 2.18. The van der Waals surface area contributed by atoms with Gasteiger partial charge in [-0.2, -0.15) is 0 Å². The van der Waals surface area contributed by atoms with Crippen LogP contribution in [0.4, 0.5) is 0 Å². The van der Waals surface area contributed by atoms with Gasteiger partial charge in [-0.15, -0.1) is 0 Å². The number of ether oxygens (including phenoxy) is 1. The van der Waals surface area contributed by atoms with Gasteiger partial charge in [0.25, 0.3) is 0 Å². The number of carboxylic acids is 1. The minimum Gasteiger partial charge on any atom is -0.479 e. The number of carbonyl (C=O) groups is 1. The van der Waals surface area contributed by atoms with Crippen LogP contribution in [0.25, 0.3) is 10.8 Å². The van der Waals surface area contributed by atoms with Crippen molar-refractivity contribution in [3.63, 3.8) is 0 Å². The first-order valence-corrected chi connectivity index (χ1v) is 6.62. The Hall–Kier alpha value is -2.47. The molecule has 1 saturated carbocycles. The van der Waals surface area contributed by atoms with E-state index in [2.05, 4.69) is 11.8 Å². The second kappa shape index (κ2) is 5.26. The van der Waals surface area contributed by atoms with Gasteiger partial charge in [-0.05, 0) is 24.3 Å². The summed E-state index contributed by atoms with van der Waals surface area (Å²) in [4.78, 5) is 11.3. The zero-order valence-electron chi connectivity index (χ0n) is 10.9. The second-order valence-electron chi connectivity index (χ2n) is 4.85. The van der Waals surface area contributed by atoms with E-state index in [4.69, 9.17) is 4.74 Å². The Labute approximate surface area is 117 Å². The molecule has 0 amide bonds. The molecule has 0 aliphatic heterocycles. The monoisotopic (exact) mass is 266 g/mol. The molecular formula is C17H14O3. The molecule has 0 saturated heterocycles. The quantitative estimate of drug-likeness (QED) is 0.867. The van der Waals surface area contributed by atoms with Crippen molar-refractivity contribution in [3.8, 4) is 17.6 Å². The van der Waals surface area contributed by atoms with E-state index in [1.54, 1.807) is 12.1 Å². The fourth-order valence-corrected chi connectivity index (χ4v) is 2.09. The highest BCUT2D eigenvalue weighted by atomic mass is 16.5. The highest BCUT2D eigenvalue weighted by molar-refractivity contribution is 6.00. The first-order chi connectivity index (χ1) is 9.75. The standard InChI is InChI=1S/C17H14O3/c18-17(19)15-10-9-13-5-1-2-6-14(13)16(15)20-11-3-4-12-7-8-12/h1-2,5-6,9-10,12H,7-8,11H2,(H,18,19). The predicted octanol–water partition coefficient (Wildman–Crippen LogP) is 3.33. The summed E-state index contributed by atoms with van der Waals surface area (Å²) in [6.45, 7) is 0.227. The third-order valence-corrected chi connectivity index (χ3v) is 3.28. The lowest BCUT2D eigenvalue weighted by Crippen LogP contribution is -2.04. The van der Waals surface area contributed by atoms with E-state index in [-0.39, 0.29) is 12.2 Å². The normalized spacial score (nSPS) is 13.6. The van der Waals surface area contributed by atoms with E-state index < -0.39 is 5.97 Å². The van der Waals surface area contributed by atoms with Gasteiger partial charge in [0.15, 0.2) is 0 Å². The van der Waals surface area contributed by atoms with Gasteiger partial charge in [-0.1, -0.05) is 42.2 Å². The fourth-order valence-electron chi connectivity index (χ4n) is 2.09. The lowest BCUT2D eigenvalue weighted by atomic mass is 10.1. The molecule has 0 atom stereocenters. The number of rotatable bonds is 3. The topological polar surface area (TPSA) is 46.5 Å². The molecule has 3 heteroatoms. The minimum absolute atomic E-state index is 0.178. The molecule has 1 aliphatic rings. The van der Waals surface area contributed by atoms with Crippen LogP contribution in [0.5, 0.6) is 5.75 Å². The van der Waals surface area contributed by atoms with Crippen molar-refractivity contribution in [2.24, 2.45) is 5.92 Å². The summed E-state index contributed by atoms with van der Waals surface area (Å²) >= 11 is 0. The molecule has 2 aromatic carbocycles. The first kappa shape index (κ1) is 12.6. The Kier molecular flexibility index (Phi) is 3.30. The van der Waals surface area contributed by atoms with Gasteiger partial charge < -0.3 is 9.84 Å². The van der Waals surface area contributed by atoms with E-state index in [9.17, 15) is 9.90 Å². The predicted molar refractivity (Wildman–Crippen MR) is 76.9 cm³/mol. The number of hydrogen-bond donors (Lipinski definition) is 1. The maximum absolute atomic E-state index is 11.3. The van der Waals surface area contributed by atoms with Gasteiger partial charge in [0.05, 0.1) is 0 Å². The molecular weight excluding hydrogens is 252 g/mol. The van der Waals surface area contributed by atoms with Crippen LogP contribution in [0.3, 0.4) is 0 Å². The maximum Gasteiger partial charge on any atom is 0.339 e. The molecule has 0 bridgehead atoms. The summed E-state index contributed by atoms with van der Waals surface area (Å²) in [6, 6.07) is 11.0. The average molecular weight is 266 g/mol. The van der Waals surface area contributed by atoms with Crippen LogP contribution in [-0.2, 0) is 0 Å². The van der Waals surface area contributed by atoms with Crippen LogP contribution in [0.1, 0.15) is 23.2 Å². The first-order valence-electron chi connectivity index (χ1n) is 6.62. The Morgan fingerprint density at radius 3 is 2.80 bits per heavy atom. The average Bonchev–Trinajstić information content (AvgIpc) is 3.27. The molecule has 0 radical (unpaired) electrons. The summed E-state index contributed by atoms with van der Waals surface area (Å²) in [5.41, 5.74) is 0.178. The summed E-state index contributed by atoms with van der Waals surface area (Å²) in [5.74, 6) is 6.00. The Morgan fingerprint density at radius 1 is 1.25 bits per heavy atom. The van der Waals surface area contributed by atoms with Gasteiger partial charge in [-0.25, -0.2) is 4.79 Å². The summed E-state index contributed by atoms with van der Waals surface area (Å²) < 4.78 is 5.64. The van der Waals surface area contributed by atoms with Crippen molar-refractivity contribution < 1.29 is 14.6 Å². The van der Waals surface area contributed by atoms with Crippen LogP contribution in [0, 0.1) is 17.8 Å². The molecule has 0 aromatic heterocycles. The molecule has 1 aliphatic carbocycles. The summed E-state index contributed by atoms with van der Waals surface area (Å²) in [6.07, 6.45) is 2.34. The molecule has 100 valence electrons. The van der Waals surface area contributed by atoms with Crippen LogP contribution in [0.2, 0.25) is 0 Å². The Morgan fingerprint density at radius 2 is 2.05 bits per heavy atom. The molecule has 3 rings (SSSR count). The number of fused-ring (bicyclic) bond motifs is 1. The van der Waals surface area contributed by atoms with Crippen molar-refractivity contribution in [2.45, 2.75) is 12.8 Å². The van der Waals surface area contributed by atoms with Crippen LogP contribution >= 0.6 is 0 Å². The lowest BCUT2D eigenvalue weighted by Gasteiger charge is -2.10. The molecule has 2 aromatic rings. The largest absolute Gasteiger partial charge is 0.479 e. The number of benzene rings is 2. The van der Waals surface area contributed by atoms with Gasteiger partial charge in [0.1, 0.15) is 17.9 Å². The molecule has 1 fully saturated rings. The van der Waals surface area contributed by atoms with E-state index >= 15 is 0 Å². The van der Waals surface area contributed by atoms with Crippen LogP contribution in [0.15, 0.2) is 36.4 Å². The van der Waals surface area contributed by atoms with E-state index in [0.717, 1.165) is 10.8 Å². The van der Waals surface area contributed by atoms with Crippen LogP contribution in [-0.4, -0.2) is 17.7 Å². The summed E-state index contributed by atoms with van der Waals surface area (Å²) in [7, 11) is 0. The molecule has 0 heterocycles. The summed E-state index contributed by atoms with van der Waals surface area (Å²) in [5, 5.41) is 11.0. The number of hydrogen-bond acceptors (Lipinski definition) is 2. The highest BCUT2D eigenvalue weighted by Crippen LogP contribution is 2.30. The van der Waals surface area contributed by atoms with Crippen LogP contribution < -0.4 is 4.74 Å². The van der Waals surface area contributed by atoms with Gasteiger partial charge >= 0.3 is 5.97 Å². The van der Waals surface area contributed by atoms with Gasteiger partial charge in [0.2, 0.25) is 0 Å². The number of carboxylic acid groups (broad SMARTS) is 1. The lowest BCUT2D eigenvalue weighted by molar-refractivity contribution is 0.0693. The fraction of sp³-hybridized carbons (Fsp3) is 0.235. The smallest absolute Gasteiger partial charge is 0.339 e. The minimum atomic E-state index is -0.985. The Balaban J connectivity index is 1.94. The van der Waals surface area contributed by atoms with Crippen molar-refractivity contribution in [3.05, 3.63) is 42.0 Å². The van der Waals surface area contributed by atoms with Crippen molar-refractivity contribution in [1.29, 1.82) is 0 Å². The third kappa shape index (κ3) is 2.60. The van der Waals surface area contributed by atoms with Crippen molar-refractivity contribution in [1.82, 2.24) is 0 Å².